The van der Waals surface area contributed by atoms with Gasteiger partial charge in [0, 0.05) is 36.3 Å². The lowest BCUT2D eigenvalue weighted by Crippen LogP contribution is -2.49. The first kappa shape index (κ1) is 17.5. The maximum Gasteiger partial charge on any atom is 0.324 e. The molecule has 0 saturated carbocycles. The molecule has 9 heteroatoms. The number of hydrogen-bond donors (Lipinski definition) is 1. The van der Waals surface area contributed by atoms with Crippen LogP contribution in [-0.4, -0.2) is 58.3 Å². The summed E-state index contributed by atoms with van der Waals surface area (Å²) in [7, 11) is 0. The number of amides is 4. The van der Waals surface area contributed by atoms with Gasteiger partial charge in [0.15, 0.2) is 0 Å². The topological polar surface area (TPSA) is 91.8 Å². The third kappa shape index (κ3) is 3.63. The minimum Gasteiger partial charge on any atom is -0.431 e. The zero-order chi connectivity index (χ0) is 18.8. The van der Waals surface area contributed by atoms with Crippen LogP contribution in [0.25, 0.3) is 0 Å². The van der Waals surface area contributed by atoms with Crippen molar-refractivity contribution in [3.63, 3.8) is 0 Å². The Bertz CT molecular complexity index is 829. The van der Waals surface area contributed by atoms with Crippen LogP contribution in [0.3, 0.4) is 0 Å². The summed E-state index contributed by atoms with van der Waals surface area (Å²) in [6, 6.07) is 6.48. The Labute approximate surface area is 159 Å². The highest BCUT2D eigenvalue weighted by molar-refractivity contribution is 7.11. The second-order valence-corrected chi connectivity index (χ2v) is 7.23. The van der Waals surface area contributed by atoms with E-state index in [4.69, 9.17) is 4.74 Å². The number of hydrogen-bond acceptors (Lipinski definition) is 6. The van der Waals surface area contributed by atoms with E-state index in [0.29, 0.717) is 42.4 Å². The van der Waals surface area contributed by atoms with E-state index in [9.17, 15) is 14.4 Å². The molecule has 1 N–H and O–H groups in total. The van der Waals surface area contributed by atoms with Crippen LogP contribution >= 0.6 is 11.3 Å². The van der Waals surface area contributed by atoms with Crippen LogP contribution in [0.15, 0.2) is 35.8 Å². The number of nitrogens with one attached hydrogen (secondary N) is 1. The van der Waals surface area contributed by atoms with Gasteiger partial charge in [0.05, 0.1) is 6.54 Å². The maximum atomic E-state index is 12.7. The van der Waals surface area contributed by atoms with Crippen molar-refractivity contribution in [1.29, 1.82) is 0 Å². The van der Waals surface area contributed by atoms with Crippen LogP contribution in [0.5, 0.6) is 10.9 Å². The Balaban J connectivity index is 1.35. The van der Waals surface area contributed by atoms with Crippen LogP contribution in [0.2, 0.25) is 0 Å². The number of urea groups is 1. The van der Waals surface area contributed by atoms with Gasteiger partial charge in [0.25, 0.3) is 11.1 Å². The largest absolute Gasteiger partial charge is 0.431 e. The molecule has 2 saturated heterocycles. The Morgan fingerprint density at radius 2 is 1.93 bits per heavy atom. The summed E-state index contributed by atoms with van der Waals surface area (Å²) in [5.74, 6) is 0.366. The fourth-order valence-electron chi connectivity index (χ4n) is 3.34. The molecule has 2 fully saturated rings. The van der Waals surface area contributed by atoms with Crippen LogP contribution in [-0.2, 0) is 4.79 Å². The summed E-state index contributed by atoms with van der Waals surface area (Å²) in [5.41, 5.74) is 0.579. The highest BCUT2D eigenvalue weighted by Crippen LogP contribution is 2.25. The zero-order valence-electron chi connectivity index (χ0n) is 14.5. The number of aromatic nitrogens is 1. The first-order valence-corrected chi connectivity index (χ1v) is 9.56. The van der Waals surface area contributed by atoms with E-state index in [0.717, 1.165) is 0 Å². The molecule has 0 unspecified atom stereocenters. The number of ether oxygens (including phenoxy) is 1. The van der Waals surface area contributed by atoms with Gasteiger partial charge in [-0.25, -0.2) is 9.78 Å². The minimum absolute atomic E-state index is 0.0629. The summed E-state index contributed by atoms with van der Waals surface area (Å²) in [4.78, 5) is 43.4. The number of imide groups is 1. The number of rotatable bonds is 4. The quantitative estimate of drug-likeness (QED) is 0.813. The molecule has 4 amide bonds. The predicted octanol–water partition coefficient (Wildman–Crippen LogP) is 2.09. The molecule has 2 aliphatic rings. The standard InChI is InChI=1S/C18H18N4O4S/c23-15-11-20-17(25)22(15)13-5-8-21(9-6-13)16(24)12-1-3-14(4-2-12)26-18-19-7-10-27-18/h1-4,7,10,13H,5-6,8-9,11H2,(H,20,25). The van der Waals surface area contributed by atoms with Gasteiger partial charge >= 0.3 is 6.03 Å². The van der Waals surface area contributed by atoms with E-state index in [1.807, 2.05) is 5.38 Å². The first-order valence-electron chi connectivity index (χ1n) is 8.68. The summed E-state index contributed by atoms with van der Waals surface area (Å²) < 4.78 is 5.60. The Morgan fingerprint density at radius 1 is 1.19 bits per heavy atom. The third-order valence-corrected chi connectivity index (χ3v) is 5.36. The molecular formula is C18H18N4O4S. The molecule has 0 atom stereocenters. The average molecular weight is 386 g/mol. The molecule has 140 valence electrons. The van der Waals surface area contributed by atoms with Crippen molar-refractivity contribution >= 4 is 29.2 Å². The van der Waals surface area contributed by atoms with E-state index < -0.39 is 0 Å². The van der Waals surface area contributed by atoms with E-state index in [-0.39, 0.29) is 30.4 Å². The highest BCUT2D eigenvalue weighted by atomic mass is 32.1. The molecule has 1 aromatic carbocycles. The van der Waals surface area contributed by atoms with Gasteiger partial charge in [0.1, 0.15) is 5.75 Å². The number of piperidine rings is 1. The monoisotopic (exact) mass is 386 g/mol. The number of carbonyl (C=O) groups excluding carboxylic acids is 3. The average Bonchev–Trinajstić information content (AvgIpc) is 3.32. The van der Waals surface area contributed by atoms with Gasteiger partial charge in [-0.1, -0.05) is 11.3 Å². The SMILES string of the molecule is O=C(c1ccc(Oc2nccs2)cc1)N1CCC(N2C(=O)CNC2=O)CC1. The number of nitrogens with zero attached hydrogens (tertiary/aromatic N) is 3. The zero-order valence-corrected chi connectivity index (χ0v) is 15.3. The molecule has 4 rings (SSSR count). The molecule has 3 heterocycles. The molecule has 27 heavy (non-hydrogen) atoms. The van der Waals surface area contributed by atoms with Gasteiger partial charge in [-0.15, -0.1) is 0 Å². The smallest absolute Gasteiger partial charge is 0.324 e. The lowest BCUT2D eigenvalue weighted by molar-refractivity contribution is -0.127. The predicted molar refractivity (Wildman–Crippen MR) is 97.8 cm³/mol. The van der Waals surface area contributed by atoms with Crippen molar-refractivity contribution < 1.29 is 19.1 Å². The minimum atomic E-state index is -0.333. The molecule has 0 bridgehead atoms. The van der Waals surface area contributed by atoms with Crippen molar-refractivity contribution in [2.75, 3.05) is 19.6 Å². The van der Waals surface area contributed by atoms with Crippen molar-refractivity contribution in [2.45, 2.75) is 18.9 Å². The van der Waals surface area contributed by atoms with E-state index in [1.54, 1.807) is 35.4 Å². The molecule has 0 spiro atoms. The summed E-state index contributed by atoms with van der Waals surface area (Å²) >= 11 is 1.40. The molecule has 2 aromatic rings. The third-order valence-electron chi connectivity index (χ3n) is 4.71. The van der Waals surface area contributed by atoms with Crippen molar-refractivity contribution in [3.8, 4) is 10.9 Å². The normalized spacial score (nSPS) is 17.9. The van der Waals surface area contributed by atoms with Gasteiger partial charge < -0.3 is 15.0 Å². The number of benzene rings is 1. The van der Waals surface area contributed by atoms with Gasteiger partial charge in [0.2, 0.25) is 5.91 Å². The van der Waals surface area contributed by atoms with Crippen molar-refractivity contribution in [3.05, 3.63) is 41.4 Å². The summed E-state index contributed by atoms with van der Waals surface area (Å²) in [6.45, 7) is 1.09. The summed E-state index contributed by atoms with van der Waals surface area (Å²) in [5, 5.41) is 4.92. The van der Waals surface area contributed by atoms with Crippen LogP contribution in [0.1, 0.15) is 23.2 Å². The Hall–Kier alpha value is -2.94. The first-order chi connectivity index (χ1) is 13.1. The number of carbonyl (C=O) groups is 3. The Morgan fingerprint density at radius 3 is 2.52 bits per heavy atom. The van der Waals surface area contributed by atoms with E-state index >= 15 is 0 Å². The maximum absolute atomic E-state index is 12.7. The lowest BCUT2D eigenvalue weighted by atomic mass is 10.0. The van der Waals surface area contributed by atoms with Crippen LogP contribution in [0, 0.1) is 0 Å². The molecule has 0 radical (unpaired) electrons. The fourth-order valence-corrected chi connectivity index (χ4v) is 3.85. The highest BCUT2D eigenvalue weighted by Gasteiger charge is 2.37. The number of likely N-dealkylation sites (tertiary alicyclic amines) is 1. The van der Waals surface area contributed by atoms with Crippen LogP contribution in [0.4, 0.5) is 4.79 Å². The number of thiazole rings is 1. The van der Waals surface area contributed by atoms with Gasteiger partial charge in [-0.2, -0.15) is 0 Å². The second kappa shape index (κ2) is 7.36. The van der Waals surface area contributed by atoms with Gasteiger partial charge in [-0.05, 0) is 37.1 Å². The molecule has 0 aliphatic carbocycles. The molecule has 8 nitrogen and oxygen atoms in total. The Kier molecular flexibility index (Phi) is 4.76. The van der Waals surface area contributed by atoms with Crippen LogP contribution < -0.4 is 10.1 Å². The van der Waals surface area contributed by atoms with Crippen molar-refractivity contribution in [2.24, 2.45) is 0 Å². The molecule has 2 aliphatic heterocycles. The van der Waals surface area contributed by atoms with E-state index in [1.165, 1.54) is 16.2 Å². The van der Waals surface area contributed by atoms with Gasteiger partial charge in [-0.3, -0.25) is 14.5 Å². The van der Waals surface area contributed by atoms with Crippen molar-refractivity contribution in [1.82, 2.24) is 20.1 Å². The fraction of sp³-hybridized carbons (Fsp3) is 0.333. The lowest BCUT2D eigenvalue weighted by Gasteiger charge is -2.35. The summed E-state index contributed by atoms with van der Waals surface area (Å²) in [6.07, 6.45) is 2.85. The molecule has 1 aromatic heterocycles. The second-order valence-electron chi connectivity index (χ2n) is 6.37. The molecular weight excluding hydrogens is 368 g/mol. The van der Waals surface area contributed by atoms with E-state index in [2.05, 4.69) is 10.3 Å².